The van der Waals surface area contributed by atoms with Crippen molar-refractivity contribution in [2.24, 2.45) is 0 Å². The SMILES string of the molecule is COc1c(C(=O)NC(=S)Nc2ccc(-c3nc4ccccc4o3)c(O)c2)cc2ccccc2c1Br. The van der Waals surface area contributed by atoms with Crippen LogP contribution in [0, 0.1) is 0 Å². The molecule has 3 N–H and O–H groups in total. The Labute approximate surface area is 213 Å². The first kappa shape index (κ1) is 22.8. The molecule has 1 aromatic heterocycles. The summed E-state index contributed by atoms with van der Waals surface area (Å²) in [5, 5.41) is 18.0. The number of carbonyl (C=O) groups excluding carboxylic acids is 1. The van der Waals surface area contributed by atoms with Crippen LogP contribution >= 0.6 is 28.1 Å². The van der Waals surface area contributed by atoms with Crippen LogP contribution < -0.4 is 15.4 Å². The highest BCUT2D eigenvalue weighted by Gasteiger charge is 2.19. The number of phenolic OH excluding ortho intramolecular Hbond substituents is 1. The van der Waals surface area contributed by atoms with E-state index in [9.17, 15) is 9.90 Å². The molecule has 4 aromatic carbocycles. The molecule has 0 bridgehead atoms. The van der Waals surface area contributed by atoms with Gasteiger partial charge in [0.1, 0.15) is 17.0 Å². The highest BCUT2D eigenvalue weighted by atomic mass is 79.9. The maximum Gasteiger partial charge on any atom is 0.261 e. The Morgan fingerprint density at radius 1 is 1.09 bits per heavy atom. The molecule has 0 spiro atoms. The summed E-state index contributed by atoms with van der Waals surface area (Å²) in [5.41, 5.74) is 2.58. The third-order valence-electron chi connectivity index (χ3n) is 5.40. The fourth-order valence-electron chi connectivity index (χ4n) is 3.76. The first-order valence-corrected chi connectivity index (χ1v) is 11.7. The number of hydrogen-bond acceptors (Lipinski definition) is 6. The molecule has 0 fully saturated rings. The van der Waals surface area contributed by atoms with Gasteiger partial charge < -0.3 is 19.6 Å². The number of benzene rings is 4. The number of nitrogens with zero attached hydrogens (tertiary/aromatic N) is 1. The Morgan fingerprint density at radius 2 is 1.86 bits per heavy atom. The standard InChI is InChI=1S/C26H18BrN3O4S/c1-33-23-18(12-14-6-2-3-7-16(14)22(23)27)24(32)30-26(35)28-15-10-11-17(20(31)13-15)25-29-19-8-4-5-9-21(19)34-25/h2-13,31H,1H3,(H2,28,30,32,35). The number of carbonyl (C=O) groups is 1. The molecule has 0 aliphatic heterocycles. The van der Waals surface area contributed by atoms with Crippen LogP contribution in [0.1, 0.15) is 10.4 Å². The summed E-state index contributed by atoms with van der Waals surface area (Å²) in [6.07, 6.45) is 0. The highest BCUT2D eigenvalue weighted by Crippen LogP contribution is 2.37. The zero-order valence-corrected chi connectivity index (χ0v) is 20.7. The van der Waals surface area contributed by atoms with Crippen LogP contribution in [0.25, 0.3) is 33.3 Å². The zero-order chi connectivity index (χ0) is 24.5. The van der Waals surface area contributed by atoms with Crippen LogP contribution in [0.15, 0.2) is 81.7 Å². The molecule has 7 nitrogen and oxygen atoms in total. The molecular weight excluding hydrogens is 530 g/mol. The van der Waals surface area contributed by atoms with Gasteiger partial charge in [0.05, 0.1) is 22.7 Å². The van der Waals surface area contributed by atoms with Crippen molar-refractivity contribution in [3.05, 3.63) is 82.8 Å². The molecule has 5 aromatic rings. The van der Waals surface area contributed by atoms with Gasteiger partial charge in [-0.1, -0.05) is 36.4 Å². The first-order valence-electron chi connectivity index (χ1n) is 10.5. The number of fused-ring (bicyclic) bond motifs is 2. The van der Waals surface area contributed by atoms with Crippen LogP contribution in [-0.2, 0) is 0 Å². The van der Waals surface area contributed by atoms with Gasteiger partial charge in [0, 0.05) is 11.8 Å². The highest BCUT2D eigenvalue weighted by molar-refractivity contribution is 9.10. The number of oxazole rings is 1. The fraction of sp³-hybridized carbons (Fsp3) is 0.0385. The number of halogens is 1. The van der Waals surface area contributed by atoms with Crippen molar-refractivity contribution in [3.63, 3.8) is 0 Å². The Bertz CT molecular complexity index is 1580. The largest absolute Gasteiger partial charge is 0.507 e. The maximum absolute atomic E-state index is 13.0. The lowest BCUT2D eigenvalue weighted by molar-refractivity contribution is 0.0975. The minimum absolute atomic E-state index is 0.0455. The van der Waals surface area contributed by atoms with E-state index in [0.717, 1.165) is 10.8 Å². The molecule has 0 saturated carbocycles. The number of para-hydroxylation sites is 2. The smallest absolute Gasteiger partial charge is 0.261 e. The van der Waals surface area contributed by atoms with Crippen molar-refractivity contribution >= 4 is 66.7 Å². The quantitative estimate of drug-likeness (QED) is 0.229. The Morgan fingerprint density at radius 3 is 2.63 bits per heavy atom. The van der Waals surface area contributed by atoms with Crippen molar-refractivity contribution in [1.82, 2.24) is 10.3 Å². The third kappa shape index (κ3) is 4.43. The summed E-state index contributed by atoms with van der Waals surface area (Å²) in [4.78, 5) is 17.4. The lowest BCUT2D eigenvalue weighted by atomic mass is 10.1. The lowest BCUT2D eigenvalue weighted by Gasteiger charge is -2.15. The number of rotatable bonds is 4. The van der Waals surface area contributed by atoms with Gasteiger partial charge in [-0.05, 0) is 69.3 Å². The Balaban J connectivity index is 1.34. The Hall–Kier alpha value is -3.95. The minimum Gasteiger partial charge on any atom is -0.507 e. The van der Waals surface area contributed by atoms with Gasteiger partial charge in [0.25, 0.3) is 5.91 Å². The van der Waals surface area contributed by atoms with E-state index < -0.39 is 5.91 Å². The van der Waals surface area contributed by atoms with Crippen LogP contribution in [0.5, 0.6) is 11.5 Å². The fourth-order valence-corrected chi connectivity index (χ4v) is 4.71. The van der Waals surface area contributed by atoms with Crippen molar-refractivity contribution in [2.45, 2.75) is 0 Å². The van der Waals surface area contributed by atoms with Gasteiger partial charge in [-0.25, -0.2) is 4.98 Å². The van der Waals surface area contributed by atoms with Gasteiger partial charge in [0.2, 0.25) is 5.89 Å². The van der Waals surface area contributed by atoms with Gasteiger partial charge in [-0.3, -0.25) is 10.1 Å². The first-order chi connectivity index (χ1) is 16.9. The average Bonchev–Trinajstić information content (AvgIpc) is 3.28. The number of anilines is 1. The molecular formula is C26H18BrN3O4S. The number of aromatic nitrogens is 1. The monoisotopic (exact) mass is 547 g/mol. The lowest BCUT2D eigenvalue weighted by Crippen LogP contribution is -2.34. The normalized spacial score (nSPS) is 10.9. The van der Waals surface area contributed by atoms with Gasteiger partial charge in [0.15, 0.2) is 10.7 Å². The van der Waals surface area contributed by atoms with E-state index in [4.69, 9.17) is 21.4 Å². The van der Waals surface area contributed by atoms with Crippen LogP contribution in [0.4, 0.5) is 5.69 Å². The van der Waals surface area contributed by atoms with E-state index in [1.54, 1.807) is 18.2 Å². The number of aromatic hydroxyl groups is 1. The van der Waals surface area contributed by atoms with E-state index in [2.05, 4.69) is 31.5 Å². The molecule has 0 unspecified atom stereocenters. The van der Waals surface area contributed by atoms with E-state index in [0.29, 0.717) is 44.0 Å². The molecule has 9 heteroatoms. The maximum atomic E-state index is 13.0. The van der Waals surface area contributed by atoms with Gasteiger partial charge in [-0.2, -0.15) is 0 Å². The van der Waals surface area contributed by atoms with Crippen molar-refractivity contribution < 1.29 is 19.1 Å². The molecule has 35 heavy (non-hydrogen) atoms. The number of hydrogen-bond donors (Lipinski definition) is 3. The topological polar surface area (TPSA) is 96.6 Å². The van der Waals surface area contributed by atoms with Crippen molar-refractivity contribution in [3.8, 4) is 23.0 Å². The molecule has 1 amide bonds. The summed E-state index contributed by atoms with van der Waals surface area (Å²) < 4.78 is 11.9. The van der Waals surface area contributed by atoms with Gasteiger partial charge >= 0.3 is 0 Å². The number of phenols is 1. The van der Waals surface area contributed by atoms with E-state index in [-0.39, 0.29) is 10.9 Å². The molecule has 5 rings (SSSR count). The average molecular weight is 548 g/mol. The number of methoxy groups -OCH3 is 1. The Kier molecular flexibility index (Phi) is 6.10. The molecule has 0 aliphatic carbocycles. The van der Waals surface area contributed by atoms with Crippen LogP contribution in [-0.4, -0.2) is 28.2 Å². The second-order valence-corrected chi connectivity index (χ2v) is 8.82. The van der Waals surface area contributed by atoms with E-state index in [1.165, 1.54) is 13.2 Å². The summed E-state index contributed by atoms with van der Waals surface area (Å²) in [6, 6.07) is 21.6. The summed E-state index contributed by atoms with van der Waals surface area (Å²) in [5.74, 6) is 0.235. The second kappa shape index (κ2) is 9.36. The molecule has 0 atom stereocenters. The van der Waals surface area contributed by atoms with Gasteiger partial charge in [-0.15, -0.1) is 0 Å². The summed E-state index contributed by atoms with van der Waals surface area (Å²) in [7, 11) is 1.50. The number of ether oxygens (including phenoxy) is 1. The molecule has 0 saturated heterocycles. The zero-order valence-electron chi connectivity index (χ0n) is 18.3. The van der Waals surface area contributed by atoms with Crippen molar-refractivity contribution in [2.75, 3.05) is 12.4 Å². The van der Waals surface area contributed by atoms with Crippen LogP contribution in [0.3, 0.4) is 0 Å². The summed E-state index contributed by atoms with van der Waals surface area (Å²) in [6.45, 7) is 0. The van der Waals surface area contributed by atoms with Crippen molar-refractivity contribution in [1.29, 1.82) is 0 Å². The third-order valence-corrected chi connectivity index (χ3v) is 6.39. The number of amides is 1. The predicted octanol–water partition coefficient (Wildman–Crippen LogP) is 6.25. The molecule has 1 heterocycles. The van der Waals surface area contributed by atoms with E-state index in [1.807, 2.05) is 48.5 Å². The molecule has 174 valence electrons. The summed E-state index contributed by atoms with van der Waals surface area (Å²) >= 11 is 8.86. The minimum atomic E-state index is -0.432. The van der Waals surface area contributed by atoms with E-state index >= 15 is 0 Å². The second-order valence-electron chi connectivity index (χ2n) is 7.62. The number of nitrogens with one attached hydrogen (secondary N) is 2. The van der Waals surface area contributed by atoms with Crippen LogP contribution in [0.2, 0.25) is 0 Å². The molecule has 0 radical (unpaired) electrons. The molecule has 0 aliphatic rings. The predicted molar refractivity (Wildman–Crippen MR) is 143 cm³/mol. The number of thiocarbonyl (C=S) groups is 1.